The number of rotatable bonds is 4. The third-order valence-electron chi connectivity index (χ3n) is 2.87. The minimum Gasteiger partial charge on any atom is -0.485 e. The lowest BCUT2D eigenvalue weighted by Gasteiger charge is -2.17. The Kier molecular flexibility index (Phi) is 4.21. The molecular weight excluding hydrogens is 268 g/mol. The first-order valence-corrected chi connectivity index (χ1v) is 6.65. The molecule has 2 rings (SSSR count). The number of aromatic carboxylic acids is 1. The molecule has 1 N–H and O–H groups in total. The molecule has 0 atom stereocenters. The monoisotopic (exact) mass is 286 g/mol. The van der Waals surface area contributed by atoms with E-state index in [-0.39, 0.29) is 23.5 Å². The van der Waals surface area contributed by atoms with Gasteiger partial charge in [0.25, 0.3) is 0 Å². The molecule has 0 aliphatic heterocycles. The number of nitrogens with zero attached hydrogens (tertiary/aromatic N) is 2. The number of carbonyl (C=O) groups is 1. The Morgan fingerprint density at radius 3 is 2.48 bits per heavy atom. The smallest absolute Gasteiger partial charge is 0.358 e. The van der Waals surface area contributed by atoms with Crippen molar-refractivity contribution < 1.29 is 14.6 Å². The second kappa shape index (κ2) is 5.91. The lowest BCUT2D eigenvalue weighted by atomic mass is 9.95. The second-order valence-electron chi connectivity index (χ2n) is 5.74. The zero-order valence-corrected chi connectivity index (χ0v) is 12.3. The molecule has 5 nitrogen and oxygen atoms in total. The second-order valence-corrected chi connectivity index (χ2v) is 5.74. The summed E-state index contributed by atoms with van der Waals surface area (Å²) >= 11 is 0. The maximum absolute atomic E-state index is 11.3. The van der Waals surface area contributed by atoms with Gasteiger partial charge in [-0.15, -0.1) is 0 Å². The fourth-order valence-corrected chi connectivity index (χ4v) is 1.73. The summed E-state index contributed by atoms with van der Waals surface area (Å²) in [6.45, 7) is 6.06. The quantitative estimate of drug-likeness (QED) is 0.935. The number of hydrogen-bond acceptors (Lipinski definition) is 4. The minimum atomic E-state index is -1.12. The SMILES string of the molecule is CC(C)(C)c1ncc(OCc2ccccc2)c(C(=O)O)n1. The highest BCUT2D eigenvalue weighted by Gasteiger charge is 2.22. The Morgan fingerprint density at radius 1 is 1.24 bits per heavy atom. The number of benzene rings is 1. The van der Waals surface area contributed by atoms with Gasteiger partial charge in [-0.25, -0.2) is 14.8 Å². The summed E-state index contributed by atoms with van der Waals surface area (Å²) < 4.78 is 5.55. The number of hydrogen-bond donors (Lipinski definition) is 1. The molecule has 0 spiro atoms. The van der Waals surface area contributed by atoms with Crippen molar-refractivity contribution in [3.63, 3.8) is 0 Å². The average molecular weight is 286 g/mol. The van der Waals surface area contributed by atoms with Gasteiger partial charge in [-0.2, -0.15) is 0 Å². The van der Waals surface area contributed by atoms with Crippen LogP contribution in [0, 0.1) is 0 Å². The topological polar surface area (TPSA) is 72.3 Å². The third-order valence-corrected chi connectivity index (χ3v) is 2.87. The van der Waals surface area contributed by atoms with E-state index in [9.17, 15) is 9.90 Å². The van der Waals surface area contributed by atoms with Crippen LogP contribution >= 0.6 is 0 Å². The van der Waals surface area contributed by atoms with E-state index in [1.54, 1.807) is 0 Å². The van der Waals surface area contributed by atoms with E-state index < -0.39 is 5.97 Å². The fraction of sp³-hybridized carbons (Fsp3) is 0.312. The standard InChI is InChI=1S/C16H18N2O3/c1-16(2,3)15-17-9-12(13(18-15)14(19)20)21-10-11-7-5-4-6-8-11/h4-9H,10H2,1-3H3,(H,19,20). The Bertz CT molecular complexity index is 634. The van der Waals surface area contributed by atoms with E-state index in [1.165, 1.54) is 6.20 Å². The van der Waals surface area contributed by atoms with Gasteiger partial charge in [0, 0.05) is 5.41 Å². The third kappa shape index (κ3) is 3.78. The van der Waals surface area contributed by atoms with Crippen molar-refractivity contribution in [2.45, 2.75) is 32.8 Å². The lowest BCUT2D eigenvalue weighted by Crippen LogP contribution is -2.19. The van der Waals surface area contributed by atoms with Crippen LogP contribution in [0.3, 0.4) is 0 Å². The van der Waals surface area contributed by atoms with Gasteiger partial charge in [0.15, 0.2) is 11.4 Å². The van der Waals surface area contributed by atoms with Crippen molar-refractivity contribution >= 4 is 5.97 Å². The molecule has 0 saturated carbocycles. The molecule has 1 aromatic heterocycles. The van der Waals surface area contributed by atoms with Crippen molar-refractivity contribution in [1.29, 1.82) is 0 Å². The molecule has 5 heteroatoms. The zero-order chi connectivity index (χ0) is 15.5. The van der Waals surface area contributed by atoms with Crippen LogP contribution in [0.25, 0.3) is 0 Å². The van der Waals surface area contributed by atoms with Crippen molar-refractivity contribution in [2.24, 2.45) is 0 Å². The molecule has 0 amide bonds. The van der Waals surface area contributed by atoms with Crippen LogP contribution < -0.4 is 4.74 Å². The molecule has 1 aromatic carbocycles. The molecule has 1 heterocycles. The van der Waals surface area contributed by atoms with Crippen LogP contribution in [-0.4, -0.2) is 21.0 Å². The van der Waals surface area contributed by atoms with Crippen molar-refractivity contribution in [3.05, 3.63) is 53.6 Å². The Labute approximate surface area is 123 Å². The van der Waals surface area contributed by atoms with E-state index in [4.69, 9.17) is 4.74 Å². The van der Waals surface area contributed by atoms with Crippen LogP contribution in [-0.2, 0) is 12.0 Å². The predicted molar refractivity (Wildman–Crippen MR) is 78.5 cm³/mol. The first-order valence-electron chi connectivity index (χ1n) is 6.65. The highest BCUT2D eigenvalue weighted by Crippen LogP contribution is 2.23. The van der Waals surface area contributed by atoms with Crippen LogP contribution in [0.4, 0.5) is 0 Å². The molecule has 0 fully saturated rings. The van der Waals surface area contributed by atoms with Crippen molar-refractivity contribution in [1.82, 2.24) is 9.97 Å². The normalized spacial score (nSPS) is 11.2. The van der Waals surface area contributed by atoms with Gasteiger partial charge >= 0.3 is 5.97 Å². The van der Waals surface area contributed by atoms with Gasteiger partial charge in [0.2, 0.25) is 0 Å². The molecule has 0 saturated heterocycles. The van der Waals surface area contributed by atoms with Gasteiger partial charge in [0.1, 0.15) is 12.4 Å². The van der Waals surface area contributed by atoms with Gasteiger partial charge in [0.05, 0.1) is 6.20 Å². The summed E-state index contributed by atoms with van der Waals surface area (Å²) in [5.74, 6) is -0.461. The van der Waals surface area contributed by atoms with E-state index in [0.717, 1.165) is 5.56 Å². The summed E-state index contributed by atoms with van der Waals surface area (Å²) in [5, 5.41) is 9.28. The summed E-state index contributed by atoms with van der Waals surface area (Å²) in [6.07, 6.45) is 1.43. The maximum atomic E-state index is 11.3. The molecule has 110 valence electrons. The molecule has 2 aromatic rings. The Balaban J connectivity index is 2.25. The average Bonchev–Trinajstić information content (AvgIpc) is 2.45. The molecular formula is C16H18N2O3. The summed E-state index contributed by atoms with van der Waals surface area (Å²) in [6, 6.07) is 9.52. The van der Waals surface area contributed by atoms with Crippen LogP contribution in [0.2, 0.25) is 0 Å². The predicted octanol–water partition coefficient (Wildman–Crippen LogP) is 3.05. The lowest BCUT2D eigenvalue weighted by molar-refractivity contribution is 0.0683. The summed E-state index contributed by atoms with van der Waals surface area (Å²) in [4.78, 5) is 19.7. The molecule has 0 bridgehead atoms. The first kappa shape index (κ1) is 15.0. The van der Waals surface area contributed by atoms with Gasteiger partial charge in [-0.3, -0.25) is 0 Å². The zero-order valence-electron chi connectivity index (χ0n) is 12.3. The van der Waals surface area contributed by atoms with E-state index in [2.05, 4.69) is 9.97 Å². The Morgan fingerprint density at radius 2 is 1.90 bits per heavy atom. The molecule has 0 unspecified atom stereocenters. The molecule has 0 radical (unpaired) electrons. The fourth-order valence-electron chi connectivity index (χ4n) is 1.73. The number of aromatic nitrogens is 2. The number of carboxylic acids is 1. The van der Waals surface area contributed by atoms with Crippen LogP contribution in [0.5, 0.6) is 5.75 Å². The maximum Gasteiger partial charge on any atom is 0.358 e. The summed E-state index contributed by atoms with van der Waals surface area (Å²) in [7, 11) is 0. The van der Waals surface area contributed by atoms with Crippen molar-refractivity contribution in [2.75, 3.05) is 0 Å². The largest absolute Gasteiger partial charge is 0.485 e. The van der Waals surface area contributed by atoms with Gasteiger partial charge in [-0.05, 0) is 5.56 Å². The number of carboxylic acid groups (broad SMARTS) is 1. The minimum absolute atomic E-state index is 0.106. The highest BCUT2D eigenvalue weighted by molar-refractivity contribution is 5.88. The van der Waals surface area contributed by atoms with Crippen molar-refractivity contribution in [3.8, 4) is 5.75 Å². The summed E-state index contributed by atoms with van der Waals surface area (Å²) in [5.41, 5.74) is 0.530. The number of ether oxygens (including phenoxy) is 1. The van der Waals surface area contributed by atoms with Gasteiger partial charge < -0.3 is 9.84 Å². The van der Waals surface area contributed by atoms with E-state index >= 15 is 0 Å². The molecule has 0 aliphatic carbocycles. The molecule has 21 heavy (non-hydrogen) atoms. The van der Waals surface area contributed by atoms with Crippen LogP contribution in [0.15, 0.2) is 36.5 Å². The van der Waals surface area contributed by atoms with E-state index in [0.29, 0.717) is 5.82 Å². The van der Waals surface area contributed by atoms with Gasteiger partial charge in [-0.1, -0.05) is 51.1 Å². The van der Waals surface area contributed by atoms with E-state index in [1.807, 2.05) is 51.1 Å². The van der Waals surface area contributed by atoms with Crippen LogP contribution in [0.1, 0.15) is 42.6 Å². The molecule has 0 aliphatic rings. The highest BCUT2D eigenvalue weighted by atomic mass is 16.5. The first-order chi connectivity index (χ1) is 9.88. The Hall–Kier alpha value is -2.43.